The zero-order chi connectivity index (χ0) is 21.7. The molecular weight excluding hydrogens is 404 g/mol. The van der Waals surface area contributed by atoms with Gasteiger partial charge in [-0.1, -0.05) is 17.7 Å². The number of aryl methyl sites for hydroxylation is 1. The lowest BCUT2D eigenvalue weighted by Crippen LogP contribution is -2.41. The lowest BCUT2D eigenvalue weighted by atomic mass is 9.88. The van der Waals surface area contributed by atoms with E-state index in [2.05, 4.69) is 20.9 Å². The van der Waals surface area contributed by atoms with Crippen molar-refractivity contribution in [1.29, 1.82) is 0 Å². The number of benzene rings is 1. The van der Waals surface area contributed by atoms with Crippen molar-refractivity contribution in [3.05, 3.63) is 58.4 Å². The highest BCUT2D eigenvalue weighted by atomic mass is 35.5. The molecular formula is C22H27ClN4O3. The second-order valence-electron chi connectivity index (χ2n) is 8.34. The molecule has 0 bridgehead atoms. The minimum atomic E-state index is -0.512. The van der Waals surface area contributed by atoms with Crippen LogP contribution in [0.2, 0.25) is 5.02 Å². The summed E-state index contributed by atoms with van der Waals surface area (Å²) in [6, 6.07) is 9.09. The van der Waals surface area contributed by atoms with Crippen molar-refractivity contribution in [2.24, 2.45) is 0 Å². The minimum absolute atomic E-state index is 0.0429. The number of aromatic nitrogens is 1. The molecule has 0 unspecified atom stereocenters. The number of amides is 3. The molecule has 7 nitrogen and oxygen atoms in total. The first-order chi connectivity index (χ1) is 14.2. The molecule has 8 heteroatoms. The molecule has 1 aromatic heterocycles. The van der Waals surface area contributed by atoms with E-state index in [1.807, 2.05) is 39.0 Å². The number of nitrogens with one attached hydrogen (secondary N) is 3. The molecule has 0 radical (unpaired) electrons. The Morgan fingerprint density at radius 2 is 2.00 bits per heavy atom. The van der Waals surface area contributed by atoms with E-state index in [9.17, 15) is 9.59 Å². The summed E-state index contributed by atoms with van der Waals surface area (Å²) in [5.74, 6) is 0. The Balaban J connectivity index is 1.51. The summed E-state index contributed by atoms with van der Waals surface area (Å²) in [5, 5.41) is 9.13. The molecule has 1 aromatic carbocycles. The van der Waals surface area contributed by atoms with E-state index >= 15 is 0 Å². The van der Waals surface area contributed by atoms with E-state index in [0.717, 1.165) is 30.6 Å². The lowest BCUT2D eigenvalue weighted by molar-refractivity contribution is 0.0500. The number of carbonyl (C=O) groups excluding carboxylic acids is 2. The first kappa shape index (κ1) is 21.9. The Bertz CT molecular complexity index is 910. The van der Waals surface area contributed by atoms with Gasteiger partial charge in [0.25, 0.3) is 0 Å². The summed E-state index contributed by atoms with van der Waals surface area (Å²) in [5.41, 5.74) is 3.28. The zero-order valence-corrected chi connectivity index (χ0v) is 18.2. The van der Waals surface area contributed by atoms with Crippen molar-refractivity contribution in [1.82, 2.24) is 15.6 Å². The Morgan fingerprint density at radius 3 is 2.70 bits per heavy atom. The molecule has 0 fully saturated rings. The van der Waals surface area contributed by atoms with Crippen LogP contribution in [0.4, 0.5) is 15.3 Å². The SMILES string of the molecule is CC(C)(C)OC(=O)N[C@H]1CCc2cc(NC(=O)NCc3ccc(Cl)cn3)ccc2C1. The number of rotatable bonds is 4. The maximum atomic E-state index is 12.2. The predicted octanol–water partition coefficient (Wildman–Crippen LogP) is 4.44. The molecule has 30 heavy (non-hydrogen) atoms. The van der Waals surface area contributed by atoms with Gasteiger partial charge in [-0.25, -0.2) is 9.59 Å². The molecule has 0 spiro atoms. The van der Waals surface area contributed by atoms with Crippen molar-refractivity contribution in [2.45, 2.75) is 58.2 Å². The summed E-state index contributed by atoms with van der Waals surface area (Å²) in [6.07, 6.45) is 3.54. The number of pyridine rings is 1. The number of ether oxygens (including phenoxy) is 1. The van der Waals surface area contributed by atoms with Crippen LogP contribution in [0.3, 0.4) is 0 Å². The van der Waals surface area contributed by atoms with Gasteiger partial charge in [0.2, 0.25) is 0 Å². The minimum Gasteiger partial charge on any atom is -0.444 e. The number of hydrogen-bond acceptors (Lipinski definition) is 4. The number of nitrogens with zero attached hydrogens (tertiary/aromatic N) is 1. The molecule has 3 N–H and O–H groups in total. The van der Waals surface area contributed by atoms with E-state index in [1.165, 1.54) is 11.1 Å². The van der Waals surface area contributed by atoms with Crippen LogP contribution in [0.15, 0.2) is 36.5 Å². The number of urea groups is 1. The molecule has 3 amide bonds. The molecule has 0 aliphatic heterocycles. The maximum absolute atomic E-state index is 12.2. The van der Waals surface area contributed by atoms with Gasteiger partial charge in [-0.05, 0) is 75.4 Å². The van der Waals surface area contributed by atoms with Crippen LogP contribution in [0.25, 0.3) is 0 Å². The van der Waals surface area contributed by atoms with Gasteiger partial charge < -0.3 is 20.7 Å². The maximum Gasteiger partial charge on any atom is 0.407 e. The number of anilines is 1. The van der Waals surface area contributed by atoms with Gasteiger partial charge in [-0.2, -0.15) is 0 Å². The Morgan fingerprint density at radius 1 is 1.20 bits per heavy atom. The van der Waals surface area contributed by atoms with Crippen LogP contribution in [0, 0.1) is 0 Å². The second kappa shape index (κ2) is 9.34. The second-order valence-corrected chi connectivity index (χ2v) is 8.78. The fourth-order valence-electron chi connectivity index (χ4n) is 3.29. The van der Waals surface area contributed by atoms with Crippen LogP contribution < -0.4 is 16.0 Å². The number of fused-ring (bicyclic) bond motifs is 1. The highest BCUT2D eigenvalue weighted by molar-refractivity contribution is 6.30. The molecule has 1 aliphatic rings. The van der Waals surface area contributed by atoms with Crippen LogP contribution in [0.1, 0.15) is 44.0 Å². The van der Waals surface area contributed by atoms with Crippen molar-refractivity contribution < 1.29 is 14.3 Å². The van der Waals surface area contributed by atoms with Crippen molar-refractivity contribution >= 4 is 29.4 Å². The van der Waals surface area contributed by atoms with E-state index in [0.29, 0.717) is 11.6 Å². The first-order valence-corrected chi connectivity index (χ1v) is 10.3. The summed E-state index contributed by atoms with van der Waals surface area (Å²) in [7, 11) is 0. The van der Waals surface area contributed by atoms with Gasteiger partial charge in [-0.15, -0.1) is 0 Å². The van der Waals surface area contributed by atoms with Gasteiger partial charge in [0.15, 0.2) is 0 Å². The summed E-state index contributed by atoms with van der Waals surface area (Å²) < 4.78 is 5.34. The number of hydrogen-bond donors (Lipinski definition) is 3. The lowest BCUT2D eigenvalue weighted by Gasteiger charge is -2.27. The number of carbonyl (C=O) groups is 2. The smallest absolute Gasteiger partial charge is 0.407 e. The summed E-state index contributed by atoms with van der Waals surface area (Å²) in [6.45, 7) is 5.85. The highest BCUT2D eigenvalue weighted by Crippen LogP contribution is 2.25. The zero-order valence-electron chi connectivity index (χ0n) is 17.4. The largest absolute Gasteiger partial charge is 0.444 e. The van der Waals surface area contributed by atoms with E-state index in [1.54, 1.807) is 18.3 Å². The van der Waals surface area contributed by atoms with Crippen molar-refractivity contribution in [2.75, 3.05) is 5.32 Å². The standard InChI is InChI=1S/C22H27ClN4O3/c1-22(2,3)30-21(29)27-18-8-5-14-10-17(7-4-15(14)11-18)26-20(28)25-13-19-9-6-16(23)12-24-19/h4,6-7,9-10,12,18H,5,8,11,13H2,1-3H3,(H,27,29)(H2,25,26,28)/t18-/m0/s1. The average Bonchev–Trinajstić information content (AvgIpc) is 2.66. The van der Waals surface area contributed by atoms with Gasteiger partial charge in [0, 0.05) is 17.9 Å². The first-order valence-electron chi connectivity index (χ1n) is 9.94. The van der Waals surface area contributed by atoms with E-state index in [4.69, 9.17) is 16.3 Å². The van der Waals surface area contributed by atoms with Crippen LogP contribution >= 0.6 is 11.6 Å². The van der Waals surface area contributed by atoms with Gasteiger partial charge in [0.05, 0.1) is 17.3 Å². The molecule has 2 aromatic rings. The fraction of sp³-hybridized carbons (Fsp3) is 0.409. The topological polar surface area (TPSA) is 92.4 Å². The summed E-state index contributed by atoms with van der Waals surface area (Å²) in [4.78, 5) is 28.3. The molecule has 1 aliphatic carbocycles. The fourth-order valence-corrected chi connectivity index (χ4v) is 3.40. The monoisotopic (exact) mass is 430 g/mol. The third-order valence-corrected chi connectivity index (χ3v) is 4.86. The van der Waals surface area contributed by atoms with Crippen LogP contribution in [0.5, 0.6) is 0 Å². The average molecular weight is 431 g/mol. The predicted molar refractivity (Wildman–Crippen MR) is 117 cm³/mol. The number of alkyl carbamates (subject to hydrolysis) is 1. The quantitative estimate of drug-likeness (QED) is 0.668. The van der Waals surface area contributed by atoms with Gasteiger partial charge in [-0.3, -0.25) is 4.98 Å². The van der Waals surface area contributed by atoms with E-state index in [-0.39, 0.29) is 18.2 Å². The Kier molecular flexibility index (Phi) is 6.82. The third kappa shape index (κ3) is 6.62. The van der Waals surface area contributed by atoms with Crippen molar-refractivity contribution in [3.63, 3.8) is 0 Å². The van der Waals surface area contributed by atoms with Crippen molar-refractivity contribution in [3.8, 4) is 0 Å². The molecule has 0 saturated heterocycles. The molecule has 1 atom stereocenters. The van der Waals surface area contributed by atoms with Crippen LogP contribution in [-0.4, -0.2) is 28.8 Å². The Labute approximate surface area is 181 Å². The normalized spacial score (nSPS) is 15.7. The number of halogens is 1. The van der Waals surface area contributed by atoms with Gasteiger partial charge >= 0.3 is 12.1 Å². The molecule has 160 valence electrons. The molecule has 0 saturated carbocycles. The molecule has 3 rings (SSSR count). The highest BCUT2D eigenvalue weighted by Gasteiger charge is 2.23. The van der Waals surface area contributed by atoms with E-state index < -0.39 is 5.60 Å². The van der Waals surface area contributed by atoms with Crippen LogP contribution in [-0.2, 0) is 24.1 Å². The molecule has 1 heterocycles. The van der Waals surface area contributed by atoms with Gasteiger partial charge in [0.1, 0.15) is 5.60 Å². The Hall–Kier alpha value is -2.80. The third-order valence-electron chi connectivity index (χ3n) is 4.63. The summed E-state index contributed by atoms with van der Waals surface area (Å²) >= 11 is 5.81.